The van der Waals surface area contributed by atoms with Crippen molar-refractivity contribution < 1.29 is 14.4 Å². The number of likely N-dealkylation sites (tertiary alicyclic amines) is 1. The van der Waals surface area contributed by atoms with Crippen LogP contribution in [0.15, 0.2) is 0 Å². The number of hydrogen-bond donors (Lipinski definition) is 2. The molecule has 1 aliphatic heterocycles. The van der Waals surface area contributed by atoms with E-state index in [0.29, 0.717) is 18.9 Å². The Morgan fingerprint density at radius 3 is 2.33 bits per heavy atom. The Bertz CT molecular complexity index is 400. The second-order valence-electron chi connectivity index (χ2n) is 6.16. The molecule has 118 valence electrons. The Morgan fingerprint density at radius 2 is 1.81 bits per heavy atom. The Kier molecular flexibility index (Phi) is 5.33. The monoisotopic (exact) mass is 295 g/mol. The summed E-state index contributed by atoms with van der Waals surface area (Å²) >= 11 is 0. The van der Waals surface area contributed by atoms with Crippen molar-refractivity contribution in [1.29, 1.82) is 0 Å². The van der Waals surface area contributed by atoms with Gasteiger partial charge in [0.1, 0.15) is 0 Å². The van der Waals surface area contributed by atoms with Crippen LogP contribution in [-0.2, 0) is 14.4 Å². The first-order chi connectivity index (χ1) is 10.1. The number of hydrogen-bond acceptors (Lipinski definition) is 4. The summed E-state index contributed by atoms with van der Waals surface area (Å²) in [6.45, 7) is 2.61. The number of carbonyl (C=O) groups is 3. The summed E-state index contributed by atoms with van der Waals surface area (Å²) in [6.07, 6.45) is 5.49. The highest BCUT2D eigenvalue weighted by molar-refractivity contribution is 6.05. The van der Waals surface area contributed by atoms with E-state index >= 15 is 0 Å². The Balaban J connectivity index is 1.74. The van der Waals surface area contributed by atoms with E-state index in [1.54, 1.807) is 0 Å². The Labute approximate surface area is 125 Å². The molecule has 0 aromatic heterocycles. The summed E-state index contributed by atoms with van der Waals surface area (Å²) in [7, 11) is 0. The molecule has 3 N–H and O–H groups in total. The van der Waals surface area contributed by atoms with Crippen LogP contribution in [0.4, 0.5) is 0 Å². The van der Waals surface area contributed by atoms with E-state index < -0.39 is 0 Å². The van der Waals surface area contributed by atoms with Crippen molar-refractivity contribution >= 4 is 17.7 Å². The zero-order valence-corrected chi connectivity index (χ0v) is 12.6. The molecule has 2 rings (SSSR count). The number of nitrogens with two attached hydrogens (primary N) is 1. The van der Waals surface area contributed by atoms with Crippen LogP contribution in [-0.4, -0.2) is 29.2 Å². The second kappa shape index (κ2) is 7.02. The molecule has 3 amide bonds. The van der Waals surface area contributed by atoms with Gasteiger partial charge >= 0.3 is 0 Å². The molecule has 2 aliphatic rings. The van der Waals surface area contributed by atoms with Gasteiger partial charge in [-0.2, -0.15) is 0 Å². The normalized spacial score (nSPS) is 28.1. The third kappa shape index (κ3) is 3.43. The number of carbonyl (C=O) groups excluding carboxylic acids is 3. The molecule has 1 aliphatic carbocycles. The zero-order valence-electron chi connectivity index (χ0n) is 12.6. The van der Waals surface area contributed by atoms with Crippen molar-refractivity contribution in [2.45, 2.75) is 51.9 Å². The number of nitrogens with one attached hydrogen (secondary N) is 1. The maximum atomic E-state index is 12.3. The maximum Gasteiger partial charge on any atom is 0.233 e. The molecular formula is C15H25N3O3. The van der Waals surface area contributed by atoms with Gasteiger partial charge in [0.05, 0.1) is 11.8 Å². The van der Waals surface area contributed by atoms with Crippen LogP contribution in [0.25, 0.3) is 0 Å². The third-order valence-electron chi connectivity index (χ3n) is 4.85. The molecule has 0 aromatic rings. The summed E-state index contributed by atoms with van der Waals surface area (Å²) in [5.74, 6) is 5.28. The number of hydrazine groups is 1. The molecule has 2 atom stereocenters. The van der Waals surface area contributed by atoms with Gasteiger partial charge in [-0.05, 0) is 31.6 Å². The number of unbranched alkanes of at least 4 members (excludes halogenated alkanes) is 2. The van der Waals surface area contributed by atoms with E-state index in [9.17, 15) is 14.4 Å². The molecule has 1 saturated carbocycles. The van der Waals surface area contributed by atoms with Crippen molar-refractivity contribution in [3.05, 3.63) is 0 Å². The van der Waals surface area contributed by atoms with Gasteiger partial charge in [0.15, 0.2) is 0 Å². The molecule has 6 nitrogen and oxygen atoms in total. The highest BCUT2D eigenvalue weighted by atomic mass is 16.2. The molecule has 1 heterocycles. The summed E-state index contributed by atoms with van der Waals surface area (Å²) in [6, 6.07) is 0. The van der Waals surface area contributed by atoms with Gasteiger partial charge in [0.2, 0.25) is 17.7 Å². The fourth-order valence-electron chi connectivity index (χ4n) is 3.56. The van der Waals surface area contributed by atoms with Gasteiger partial charge in [0, 0.05) is 13.0 Å². The first-order valence-corrected chi connectivity index (χ1v) is 7.93. The van der Waals surface area contributed by atoms with Gasteiger partial charge in [-0.1, -0.05) is 19.8 Å². The molecule has 0 aromatic carbocycles. The highest BCUT2D eigenvalue weighted by Gasteiger charge is 2.51. The molecule has 6 heteroatoms. The van der Waals surface area contributed by atoms with Crippen LogP contribution < -0.4 is 11.3 Å². The Hall–Kier alpha value is -1.43. The lowest BCUT2D eigenvalue weighted by molar-refractivity contribution is -0.140. The lowest BCUT2D eigenvalue weighted by Gasteiger charge is -2.17. The number of amides is 3. The van der Waals surface area contributed by atoms with Crippen LogP contribution in [0.5, 0.6) is 0 Å². The molecule has 2 fully saturated rings. The summed E-state index contributed by atoms with van der Waals surface area (Å²) in [5, 5.41) is 0. The van der Waals surface area contributed by atoms with Gasteiger partial charge in [-0.25, -0.2) is 5.84 Å². The minimum Gasteiger partial charge on any atom is -0.294 e. The van der Waals surface area contributed by atoms with Gasteiger partial charge in [-0.3, -0.25) is 24.7 Å². The lowest BCUT2D eigenvalue weighted by Crippen LogP contribution is -2.33. The first kappa shape index (κ1) is 15.9. The average Bonchev–Trinajstić information content (AvgIpc) is 3.01. The molecule has 0 spiro atoms. The van der Waals surface area contributed by atoms with Crippen molar-refractivity contribution in [2.24, 2.45) is 23.6 Å². The Morgan fingerprint density at radius 1 is 1.19 bits per heavy atom. The zero-order chi connectivity index (χ0) is 15.4. The summed E-state index contributed by atoms with van der Waals surface area (Å²) in [5.41, 5.74) is 2.09. The van der Waals surface area contributed by atoms with Gasteiger partial charge in [0.25, 0.3) is 0 Å². The van der Waals surface area contributed by atoms with Gasteiger partial charge < -0.3 is 0 Å². The molecule has 0 bridgehead atoms. The van der Waals surface area contributed by atoms with E-state index in [1.165, 1.54) is 4.90 Å². The third-order valence-corrected chi connectivity index (χ3v) is 4.85. The van der Waals surface area contributed by atoms with E-state index in [1.807, 2.05) is 0 Å². The van der Waals surface area contributed by atoms with E-state index in [0.717, 1.165) is 38.5 Å². The SMILES string of the molecule is CCC1CC2C(=O)N(CCCCCC(=O)NN)C(=O)C2C1. The molecule has 1 saturated heterocycles. The topological polar surface area (TPSA) is 92.5 Å². The average molecular weight is 295 g/mol. The van der Waals surface area contributed by atoms with Crippen molar-refractivity contribution in [2.75, 3.05) is 6.54 Å². The van der Waals surface area contributed by atoms with Crippen molar-refractivity contribution in [1.82, 2.24) is 10.3 Å². The summed E-state index contributed by atoms with van der Waals surface area (Å²) in [4.78, 5) is 37.0. The summed E-state index contributed by atoms with van der Waals surface area (Å²) < 4.78 is 0. The van der Waals surface area contributed by atoms with E-state index in [4.69, 9.17) is 5.84 Å². The number of imide groups is 1. The molecule has 2 unspecified atom stereocenters. The number of rotatable bonds is 7. The van der Waals surface area contributed by atoms with Crippen LogP contribution in [0.2, 0.25) is 0 Å². The maximum absolute atomic E-state index is 12.3. The molecular weight excluding hydrogens is 270 g/mol. The number of fused-ring (bicyclic) bond motifs is 1. The highest BCUT2D eigenvalue weighted by Crippen LogP contribution is 2.44. The lowest BCUT2D eigenvalue weighted by atomic mass is 10.00. The van der Waals surface area contributed by atoms with Crippen LogP contribution >= 0.6 is 0 Å². The minimum atomic E-state index is -0.177. The van der Waals surface area contributed by atoms with E-state index in [-0.39, 0.29) is 29.6 Å². The second-order valence-corrected chi connectivity index (χ2v) is 6.16. The fourth-order valence-corrected chi connectivity index (χ4v) is 3.56. The standard InChI is InChI=1S/C15H25N3O3/c1-2-10-8-11-12(9-10)15(21)18(14(11)20)7-5-3-4-6-13(19)17-16/h10-12H,2-9,16H2,1H3,(H,17,19). The van der Waals surface area contributed by atoms with E-state index in [2.05, 4.69) is 12.3 Å². The van der Waals surface area contributed by atoms with Crippen molar-refractivity contribution in [3.63, 3.8) is 0 Å². The van der Waals surface area contributed by atoms with Gasteiger partial charge in [-0.15, -0.1) is 0 Å². The first-order valence-electron chi connectivity index (χ1n) is 7.93. The minimum absolute atomic E-state index is 0.0284. The molecule has 21 heavy (non-hydrogen) atoms. The fraction of sp³-hybridized carbons (Fsp3) is 0.800. The van der Waals surface area contributed by atoms with Crippen LogP contribution in [0.3, 0.4) is 0 Å². The smallest absolute Gasteiger partial charge is 0.233 e. The number of nitrogens with zero attached hydrogens (tertiary/aromatic N) is 1. The van der Waals surface area contributed by atoms with Crippen LogP contribution in [0.1, 0.15) is 51.9 Å². The predicted octanol–water partition coefficient (Wildman–Crippen LogP) is 0.958. The largest absolute Gasteiger partial charge is 0.294 e. The predicted molar refractivity (Wildman–Crippen MR) is 77.5 cm³/mol. The van der Waals surface area contributed by atoms with Crippen LogP contribution in [0, 0.1) is 17.8 Å². The van der Waals surface area contributed by atoms with Crippen molar-refractivity contribution in [3.8, 4) is 0 Å². The molecule has 0 radical (unpaired) electrons. The quantitative estimate of drug-likeness (QED) is 0.240.